The molecule has 0 saturated carbocycles. The maximum Gasteiger partial charge on any atom is 3.00 e. The molecule has 10 nitrogen and oxygen atoms in total. The molecule has 0 fully saturated rings. The second kappa shape index (κ2) is 55.3. The van der Waals surface area contributed by atoms with Crippen molar-refractivity contribution in [3.8, 4) is 0 Å². The first-order chi connectivity index (χ1) is 5.20. The van der Waals surface area contributed by atoms with E-state index < -0.39 is 17.9 Å². The first kappa shape index (κ1) is 66.7. The van der Waals surface area contributed by atoms with Crippen LogP contribution in [0.15, 0.2) is 0 Å². The van der Waals surface area contributed by atoms with E-state index in [0.29, 0.717) is 0 Å². The SMILES string of the molecule is CC(=O)[O-].CC(=O)[O-].CC(=O)[O-].O.[Al+3].[Al+3].[OH-].[OH-].[OH-]. The van der Waals surface area contributed by atoms with Gasteiger partial charge in [0.15, 0.2) is 0 Å². The summed E-state index contributed by atoms with van der Waals surface area (Å²) in [5, 5.41) is 26.7. The minimum Gasteiger partial charge on any atom is -0.870 e. The summed E-state index contributed by atoms with van der Waals surface area (Å²) in [7, 11) is 0. The van der Waals surface area contributed by atoms with Gasteiger partial charge >= 0.3 is 34.7 Å². The molecule has 0 heterocycles. The molecule has 0 rings (SSSR count). The predicted octanol–water partition coefficient (Wildman–Crippen LogP) is -5.85. The summed E-state index contributed by atoms with van der Waals surface area (Å²) in [6, 6.07) is 0. The van der Waals surface area contributed by atoms with Gasteiger partial charge in [0.2, 0.25) is 0 Å². The molecular formula is C6H14Al2O10. The Labute approximate surface area is 125 Å². The molecule has 0 aromatic carbocycles. The average molecular weight is 300 g/mol. The van der Waals surface area contributed by atoms with Crippen LogP contribution >= 0.6 is 0 Å². The standard InChI is InChI=1S/3C2H4O2.2Al.4H2O/c3*1-2(3)4;;;;;;/h3*1H3,(H,3,4);;;4*1H2/q;;;2*+3;;;;/p-6. The number of carboxylic acids is 3. The van der Waals surface area contributed by atoms with Crippen molar-refractivity contribution in [2.75, 3.05) is 0 Å². The van der Waals surface area contributed by atoms with E-state index in [1.165, 1.54) is 0 Å². The van der Waals surface area contributed by atoms with Crippen LogP contribution in [0.4, 0.5) is 0 Å². The fourth-order valence-electron chi connectivity index (χ4n) is 0. The van der Waals surface area contributed by atoms with Gasteiger partial charge in [0, 0.05) is 17.9 Å². The van der Waals surface area contributed by atoms with Gasteiger partial charge in [-0.25, -0.2) is 0 Å². The van der Waals surface area contributed by atoms with Crippen molar-refractivity contribution in [1.82, 2.24) is 0 Å². The molecule has 0 atom stereocenters. The van der Waals surface area contributed by atoms with Crippen molar-refractivity contribution < 1.29 is 51.6 Å². The predicted molar refractivity (Wildman–Crippen MR) is 53.0 cm³/mol. The Bertz CT molecular complexity index is 122. The molecule has 12 heteroatoms. The fraction of sp³-hybridized carbons (Fsp3) is 0.500. The Morgan fingerprint density at radius 2 is 0.611 bits per heavy atom. The van der Waals surface area contributed by atoms with Gasteiger partial charge in [0.25, 0.3) is 0 Å². The molecule has 0 aromatic rings. The first-order valence-electron chi connectivity index (χ1n) is 2.72. The molecule has 0 unspecified atom stereocenters. The molecule has 5 N–H and O–H groups in total. The van der Waals surface area contributed by atoms with Crippen molar-refractivity contribution in [3.05, 3.63) is 0 Å². The van der Waals surface area contributed by atoms with Gasteiger partial charge in [-0.15, -0.1) is 0 Å². The number of carbonyl (C=O) groups is 3. The molecular weight excluding hydrogens is 286 g/mol. The van der Waals surface area contributed by atoms with Crippen molar-refractivity contribution in [3.63, 3.8) is 0 Å². The van der Waals surface area contributed by atoms with Gasteiger partial charge in [0.05, 0.1) is 0 Å². The third-order valence-corrected chi connectivity index (χ3v) is 0. The third kappa shape index (κ3) is 6690. The van der Waals surface area contributed by atoms with Crippen molar-refractivity contribution in [1.29, 1.82) is 0 Å². The number of carbonyl (C=O) groups excluding carboxylic acids is 3. The van der Waals surface area contributed by atoms with E-state index in [9.17, 15) is 0 Å². The summed E-state index contributed by atoms with van der Waals surface area (Å²) in [5.74, 6) is -3.25. The zero-order valence-electron chi connectivity index (χ0n) is 9.95. The number of hydrogen-bond acceptors (Lipinski definition) is 9. The van der Waals surface area contributed by atoms with Crippen LogP contribution in [0.1, 0.15) is 20.8 Å². The van der Waals surface area contributed by atoms with Gasteiger partial charge in [-0.05, 0) is 20.8 Å². The zero-order chi connectivity index (χ0) is 10.7. The van der Waals surface area contributed by atoms with Crippen molar-refractivity contribution in [2.24, 2.45) is 0 Å². The number of aliphatic carboxylic acids is 3. The van der Waals surface area contributed by atoms with Crippen LogP contribution in [0.5, 0.6) is 0 Å². The maximum absolute atomic E-state index is 8.89. The molecule has 0 aromatic heterocycles. The second-order valence-corrected chi connectivity index (χ2v) is 1.47. The number of carboxylic acid groups (broad SMARTS) is 3. The Kier molecular flexibility index (Phi) is 205. The molecule has 104 valence electrons. The summed E-state index contributed by atoms with van der Waals surface area (Å²) >= 11 is 0. The normalized spacial score (nSPS) is 4.17. The van der Waals surface area contributed by atoms with Crippen LogP contribution in [0.25, 0.3) is 0 Å². The molecule has 0 spiro atoms. The van der Waals surface area contributed by atoms with Crippen LogP contribution in [-0.2, 0) is 14.4 Å². The van der Waals surface area contributed by atoms with Gasteiger partial charge in [0.1, 0.15) is 0 Å². The van der Waals surface area contributed by atoms with E-state index in [2.05, 4.69) is 0 Å². The van der Waals surface area contributed by atoms with Crippen molar-refractivity contribution >= 4 is 52.6 Å². The van der Waals surface area contributed by atoms with Crippen LogP contribution in [-0.4, -0.2) is 74.5 Å². The minimum atomic E-state index is -1.08. The van der Waals surface area contributed by atoms with Crippen LogP contribution in [0.2, 0.25) is 0 Å². The fourth-order valence-corrected chi connectivity index (χ4v) is 0. The monoisotopic (exact) mass is 300 g/mol. The molecule has 0 aliphatic rings. The second-order valence-electron chi connectivity index (χ2n) is 1.47. The van der Waals surface area contributed by atoms with Crippen LogP contribution in [0, 0.1) is 0 Å². The quantitative estimate of drug-likeness (QED) is 0.386. The van der Waals surface area contributed by atoms with Gasteiger partial charge < -0.3 is 51.6 Å². The smallest absolute Gasteiger partial charge is 0.870 e. The molecule has 0 radical (unpaired) electrons. The molecule has 18 heavy (non-hydrogen) atoms. The van der Waals surface area contributed by atoms with Crippen LogP contribution < -0.4 is 15.3 Å². The van der Waals surface area contributed by atoms with Gasteiger partial charge in [-0.1, -0.05) is 0 Å². The molecule has 0 aliphatic carbocycles. The van der Waals surface area contributed by atoms with E-state index in [-0.39, 0.29) is 56.6 Å². The Hall–Kier alpha value is -0.685. The molecule has 0 aliphatic heterocycles. The Morgan fingerprint density at radius 3 is 0.611 bits per heavy atom. The van der Waals surface area contributed by atoms with E-state index in [1.807, 2.05) is 0 Å². The third-order valence-electron chi connectivity index (χ3n) is 0. The zero-order valence-corrected chi connectivity index (χ0v) is 12.3. The number of rotatable bonds is 0. The Balaban J connectivity index is -0.00000000827. The molecule has 0 amide bonds. The average Bonchev–Trinajstić information content (AvgIpc) is 1.54. The summed E-state index contributed by atoms with van der Waals surface area (Å²) in [5.41, 5.74) is 0. The topological polar surface area (TPSA) is 242 Å². The van der Waals surface area contributed by atoms with E-state index in [4.69, 9.17) is 29.7 Å². The maximum atomic E-state index is 8.89. The van der Waals surface area contributed by atoms with E-state index in [0.717, 1.165) is 20.8 Å². The van der Waals surface area contributed by atoms with Crippen LogP contribution in [0.3, 0.4) is 0 Å². The molecule has 0 saturated heterocycles. The van der Waals surface area contributed by atoms with Crippen molar-refractivity contribution in [2.45, 2.75) is 20.8 Å². The largest absolute Gasteiger partial charge is 3.00 e. The minimum absolute atomic E-state index is 0. The van der Waals surface area contributed by atoms with E-state index >= 15 is 0 Å². The summed E-state index contributed by atoms with van der Waals surface area (Å²) < 4.78 is 0. The number of hydrogen-bond donors (Lipinski definition) is 0. The molecule has 0 bridgehead atoms. The van der Waals surface area contributed by atoms with Gasteiger partial charge in [-0.2, -0.15) is 0 Å². The summed E-state index contributed by atoms with van der Waals surface area (Å²) in [6.45, 7) is 2.92. The first-order valence-corrected chi connectivity index (χ1v) is 2.72. The van der Waals surface area contributed by atoms with E-state index in [1.54, 1.807) is 0 Å². The Morgan fingerprint density at radius 1 is 0.611 bits per heavy atom. The summed E-state index contributed by atoms with van der Waals surface area (Å²) in [6.07, 6.45) is 0. The van der Waals surface area contributed by atoms with Gasteiger partial charge in [-0.3, -0.25) is 0 Å². The summed E-state index contributed by atoms with van der Waals surface area (Å²) in [4.78, 5) is 26.7.